The van der Waals surface area contributed by atoms with Gasteiger partial charge in [0.1, 0.15) is 6.61 Å². The summed E-state index contributed by atoms with van der Waals surface area (Å²) in [5, 5.41) is 0. The largest absolute Gasteiger partial charge is 0.475 e. The molecule has 1 heterocycles. The van der Waals surface area contributed by atoms with Gasteiger partial charge in [0.15, 0.2) is 0 Å². The molecule has 0 unspecified atom stereocenters. The van der Waals surface area contributed by atoms with E-state index in [0.29, 0.717) is 6.61 Å². The minimum atomic E-state index is -0.182. The number of rotatable bonds is 4. The SMILES string of the molecule is CC1(C)COC(c2ccccc2/C(=C/c2ccccc2)c2ccccc2)=N1. The van der Waals surface area contributed by atoms with Crippen LogP contribution in [0.2, 0.25) is 0 Å². The second-order valence-corrected chi connectivity index (χ2v) is 7.40. The second kappa shape index (κ2) is 7.24. The molecule has 0 fully saturated rings. The molecule has 0 bridgehead atoms. The molecule has 0 N–H and O–H groups in total. The molecule has 0 spiro atoms. The molecule has 0 saturated carbocycles. The first-order valence-electron chi connectivity index (χ1n) is 9.27. The zero-order chi connectivity index (χ0) is 18.7. The maximum Gasteiger partial charge on any atom is 0.217 e. The summed E-state index contributed by atoms with van der Waals surface area (Å²) >= 11 is 0. The topological polar surface area (TPSA) is 21.6 Å². The van der Waals surface area contributed by atoms with E-state index in [2.05, 4.69) is 86.7 Å². The van der Waals surface area contributed by atoms with Crippen molar-refractivity contribution in [3.8, 4) is 0 Å². The van der Waals surface area contributed by atoms with Gasteiger partial charge >= 0.3 is 0 Å². The summed E-state index contributed by atoms with van der Waals surface area (Å²) in [6.07, 6.45) is 2.23. The highest BCUT2D eigenvalue weighted by Crippen LogP contribution is 2.31. The smallest absolute Gasteiger partial charge is 0.217 e. The predicted octanol–water partition coefficient (Wildman–Crippen LogP) is 5.83. The molecular formula is C25H23NO. The van der Waals surface area contributed by atoms with E-state index in [1.807, 2.05) is 18.2 Å². The van der Waals surface area contributed by atoms with Crippen LogP contribution in [0.1, 0.15) is 36.1 Å². The summed E-state index contributed by atoms with van der Waals surface area (Å²) in [5.74, 6) is 0.727. The Hall–Kier alpha value is -3.13. The van der Waals surface area contributed by atoms with Crippen molar-refractivity contribution < 1.29 is 4.74 Å². The number of benzene rings is 3. The van der Waals surface area contributed by atoms with Crippen molar-refractivity contribution in [3.05, 3.63) is 107 Å². The lowest BCUT2D eigenvalue weighted by atomic mass is 9.92. The van der Waals surface area contributed by atoms with Gasteiger partial charge in [-0.1, -0.05) is 78.9 Å². The molecule has 0 aliphatic carbocycles. The lowest BCUT2D eigenvalue weighted by molar-refractivity contribution is 0.279. The highest BCUT2D eigenvalue weighted by Gasteiger charge is 2.28. The van der Waals surface area contributed by atoms with E-state index in [0.717, 1.165) is 22.6 Å². The highest BCUT2D eigenvalue weighted by atomic mass is 16.5. The fourth-order valence-electron chi connectivity index (χ4n) is 3.28. The van der Waals surface area contributed by atoms with Crippen LogP contribution in [0, 0.1) is 0 Å². The van der Waals surface area contributed by atoms with E-state index in [1.54, 1.807) is 0 Å². The van der Waals surface area contributed by atoms with Crippen LogP contribution in [0.5, 0.6) is 0 Å². The van der Waals surface area contributed by atoms with E-state index in [-0.39, 0.29) is 5.54 Å². The molecule has 0 radical (unpaired) electrons. The zero-order valence-corrected chi connectivity index (χ0v) is 15.7. The average molecular weight is 353 g/mol. The molecule has 0 saturated heterocycles. The fraction of sp³-hybridized carbons (Fsp3) is 0.160. The van der Waals surface area contributed by atoms with Gasteiger partial charge in [0.05, 0.1) is 5.54 Å². The number of hydrogen-bond donors (Lipinski definition) is 0. The maximum atomic E-state index is 5.95. The van der Waals surface area contributed by atoms with Crippen LogP contribution in [-0.4, -0.2) is 18.0 Å². The normalized spacial score (nSPS) is 15.9. The highest BCUT2D eigenvalue weighted by molar-refractivity contribution is 6.04. The lowest BCUT2D eigenvalue weighted by Crippen LogP contribution is -2.17. The van der Waals surface area contributed by atoms with Gasteiger partial charge in [-0.2, -0.15) is 0 Å². The molecule has 27 heavy (non-hydrogen) atoms. The molecule has 0 amide bonds. The fourth-order valence-corrected chi connectivity index (χ4v) is 3.28. The summed E-state index contributed by atoms with van der Waals surface area (Å²) in [5.41, 5.74) is 5.48. The van der Waals surface area contributed by atoms with Crippen LogP contribution in [0.3, 0.4) is 0 Å². The standard InChI is InChI=1S/C25H23NO/c1-25(2)18-27-24(26-25)22-16-10-9-15-21(22)23(20-13-7-4-8-14-20)17-19-11-5-3-6-12-19/h3-17H,18H2,1-2H3/b23-17+. The molecule has 3 aromatic carbocycles. The van der Waals surface area contributed by atoms with Gasteiger partial charge in [0.25, 0.3) is 0 Å². The van der Waals surface area contributed by atoms with Crippen molar-refractivity contribution in [2.75, 3.05) is 6.61 Å². The van der Waals surface area contributed by atoms with Crippen molar-refractivity contribution in [2.45, 2.75) is 19.4 Å². The Labute approximate surface area is 160 Å². The van der Waals surface area contributed by atoms with Crippen LogP contribution in [-0.2, 0) is 4.74 Å². The van der Waals surface area contributed by atoms with Crippen molar-refractivity contribution in [1.82, 2.24) is 0 Å². The number of nitrogens with zero attached hydrogens (tertiary/aromatic N) is 1. The molecule has 0 atom stereocenters. The minimum Gasteiger partial charge on any atom is -0.475 e. The van der Waals surface area contributed by atoms with E-state index in [4.69, 9.17) is 9.73 Å². The molecule has 0 aromatic heterocycles. The van der Waals surface area contributed by atoms with E-state index in [1.165, 1.54) is 11.1 Å². The first kappa shape index (κ1) is 17.3. The van der Waals surface area contributed by atoms with Gasteiger partial charge in [-0.25, -0.2) is 4.99 Å². The Morgan fingerprint density at radius 3 is 2.15 bits per heavy atom. The van der Waals surface area contributed by atoms with Crippen molar-refractivity contribution >= 4 is 17.5 Å². The number of hydrogen-bond acceptors (Lipinski definition) is 2. The Kier molecular flexibility index (Phi) is 4.64. The van der Waals surface area contributed by atoms with Crippen LogP contribution >= 0.6 is 0 Å². The van der Waals surface area contributed by atoms with Crippen LogP contribution in [0.4, 0.5) is 0 Å². The van der Waals surface area contributed by atoms with Crippen molar-refractivity contribution in [1.29, 1.82) is 0 Å². The monoisotopic (exact) mass is 353 g/mol. The third kappa shape index (κ3) is 3.85. The lowest BCUT2D eigenvalue weighted by Gasteiger charge is -2.14. The Bertz CT molecular complexity index is 985. The van der Waals surface area contributed by atoms with Crippen LogP contribution in [0.25, 0.3) is 11.6 Å². The van der Waals surface area contributed by atoms with Crippen molar-refractivity contribution in [3.63, 3.8) is 0 Å². The second-order valence-electron chi connectivity index (χ2n) is 7.40. The summed E-state index contributed by atoms with van der Waals surface area (Å²) in [4.78, 5) is 4.80. The first-order chi connectivity index (χ1) is 13.1. The molecule has 134 valence electrons. The molecular weight excluding hydrogens is 330 g/mol. The Balaban J connectivity index is 1.89. The quantitative estimate of drug-likeness (QED) is 0.541. The minimum absolute atomic E-state index is 0.182. The van der Waals surface area contributed by atoms with Gasteiger partial charge in [-0.05, 0) is 48.3 Å². The first-order valence-corrected chi connectivity index (χ1v) is 9.27. The molecule has 2 heteroatoms. The molecule has 1 aliphatic rings. The summed E-state index contributed by atoms with van der Waals surface area (Å²) in [7, 11) is 0. The van der Waals surface area contributed by atoms with Crippen LogP contribution in [0.15, 0.2) is 89.9 Å². The summed E-state index contributed by atoms with van der Waals surface area (Å²) < 4.78 is 5.95. The molecule has 3 aromatic rings. The van der Waals surface area contributed by atoms with E-state index < -0.39 is 0 Å². The maximum absolute atomic E-state index is 5.95. The number of ether oxygens (including phenoxy) is 1. The van der Waals surface area contributed by atoms with E-state index >= 15 is 0 Å². The van der Waals surface area contributed by atoms with Gasteiger partial charge < -0.3 is 4.74 Å². The summed E-state index contributed by atoms with van der Waals surface area (Å²) in [6, 6.07) is 29.2. The van der Waals surface area contributed by atoms with Gasteiger partial charge in [-0.3, -0.25) is 0 Å². The van der Waals surface area contributed by atoms with Gasteiger partial charge in [0, 0.05) is 5.56 Å². The molecule has 2 nitrogen and oxygen atoms in total. The van der Waals surface area contributed by atoms with Gasteiger partial charge in [-0.15, -0.1) is 0 Å². The third-order valence-electron chi connectivity index (χ3n) is 4.61. The van der Waals surface area contributed by atoms with Gasteiger partial charge in [0.2, 0.25) is 5.90 Å². The predicted molar refractivity (Wildman–Crippen MR) is 113 cm³/mol. The zero-order valence-electron chi connectivity index (χ0n) is 15.7. The Morgan fingerprint density at radius 2 is 1.48 bits per heavy atom. The molecule has 4 rings (SSSR count). The number of aliphatic imine (C=N–C) groups is 1. The third-order valence-corrected chi connectivity index (χ3v) is 4.61. The van der Waals surface area contributed by atoms with E-state index in [9.17, 15) is 0 Å². The van der Waals surface area contributed by atoms with Crippen LogP contribution < -0.4 is 0 Å². The van der Waals surface area contributed by atoms with Crippen molar-refractivity contribution in [2.24, 2.45) is 4.99 Å². The summed E-state index contributed by atoms with van der Waals surface area (Å²) in [6.45, 7) is 4.81. The molecule has 1 aliphatic heterocycles. The Morgan fingerprint density at radius 1 is 0.852 bits per heavy atom. The average Bonchev–Trinajstić information content (AvgIpc) is 3.07.